The number of carbonyl (C=O) groups excluding carboxylic acids is 3. The fraction of sp³-hybridized carbons (Fsp3) is 0.567. The number of nitrogens with zero attached hydrogens (tertiary/aromatic N) is 1. The number of halogens is 1. The van der Waals surface area contributed by atoms with E-state index >= 15 is 0 Å². The van der Waals surface area contributed by atoms with Gasteiger partial charge < -0.3 is 33.7 Å². The number of rotatable bonds is 5. The molecule has 7 atom stereocenters. The van der Waals surface area contributed by atoms with Gasteiger partial charge in [0.25, 0.3) is 0 Å². The Hall–Kier alpha value is -3.20. The largest absolute Gasteiger partial charge is 0.495 e. The predicted octanol–water partition coefficient (Wildman–Crippen LogP) is 2.13. The molecule has 3 heterocycles. The monoisotopic (exact) mass is 636 g/mol. The molecule has 1 aromatic carbocycles. The van der Waals surface area contributed by atoms with Crippen molar-refractivity contribution in [2.45, 2.75) is 75.8 Å². The molecule has 13 nitrogen and oxygen atoms in total. The zero-order valence-corrected chi connectivity index (χ0v) is 26.5. The van der Waals surface area contributed by atoms with E-state index < -0.39 is 59.6 Å². The number of esters is 1. The first-order chi connectivity index (χ1) is 20.8. The number of fused-ring (bicyclic) bond motifs is 5. The Bertz CT molecular complexity index is 1340. The van der Waals surface area contributed by atoms with Crippen LogP contribution in [-0.2, 0) is 35.0 Å². The fourth-order valence-corrected chi connectivity index (χ4v) is 6.20. The molecule has 2 fully saturated rings. The Labute approximate surface area is 261 Å². The smallest absolute Gasteiger partial charge is 0.409 e. The molecule has 5 N–H and O–H groups in total. The van der Waals surface area contributed by atoms with Crippen molar-refractivity contribution in [3.05, 3.63) is 46.5 Å². The molecular formula is C30H41ClN4O9. The molecule has 3 aliphatic rings. The summed E-state index contributed by atoms with van der Waals surface area (Å²) in [5.74, 6) is 4.17. The fourth-order valence-electron chi connectivity index (χ4n) is 5.89. The van der Waals surface area contributed by atoms with Gasteiger partial charge in [-0.2, -0.15) is 0 Å². The highest BCUT2D eigenvalue weighted by Crippen LogP contribution is 2.49. The van der Waals surface area contributed by atoms with E-state index in [0.717, 1.165) is 11.1 Å². The molecule has 44 heavy (non-hydrogen) atoms. The summed E-state index contributed by atoms with van der Waals surface area (Å²) in [4.78, 5) is 40.3. The SMILES string of the molecule is COc1cc2cc(c1Cl)N(C)C(=O)CC(OC(=O)CNN)C1(C)OC1C(C)C1CC(O)(NC(=O)O1)C(OC)/C=C/C=C(\C)C2. The maximum Gasteiger partial charge on any atom is 0.409 e. The third-order valence-corrected chi connectivity index (χ3v) is 8.85. The molecule has 1 aromatic rings. The Morgan fingerprint density at radius 2 is 2.05 bits per heavy atom. The van der Waals surface area contributed by atoms with Gasteiger partial charge >= 0.3 is 12.1 Å². The molecule has 242 valence electrons. The Kier molecular flexibility index (Phi) is 10.3. The van der Waals surface area contributed by atoms with Crippen molar-refractivity contribution in [3.8, 4) is 5.75 Å². The second-order valence-corrected chi connectivity index (χ2v) is 12.0. The van der Waals surface area contributed by atoms with Crippen molar-refractivity contribution < 1.29 is 43.2 Å². The number of carbonyl (C=O) groups is 3. The number of aliphatic hydroxyl groups is 1. The lowest BCUT2D eigenvalue weighted by molar-refractivity contribution is -0.152. The van der Waals surface area contributed by atoms with Gasteiger partial charge in [0.2, 0.25) is 5.91 Å². The highest BCUT2D eigenvalue weighted by atomic mass is 35.5. The van der Waals surface area contributed by atoms with Crippen LogP contribution in [0.15, 0.2) is 35.9 Å². The van der Waals surface area contributed by atoms with E-state index in [1.165, 1.54) is 19.1 Å². The number of alkyl carbamates (subject to hydrolysis) is 1. The van der Waals surface area contributed by atoms with Crippen LogP contribution in [0.2, 0.25) is 5.02 Å². The maximum absolute atomic E-state index is 13.7. The Morgan fingerprint density at radius 1 is 1.32 bits per heavy atom. The first-order valence-electron chi connectivity index (χ1n) is 14.3. The Balaban J connectivity index is 1.79. The molecule has 4 rings (SSSR count). The van der Waals surface area contributed by atoms with Gasteiger partial charge in [-0.3, -0.25) is 20.7 Å². The normalized spacial score (nSPS) is 34.5. The Morgan fingerprint density at radius 3 is 2.70 bits per heavy atom. The number of anilines is 1. The molecule has 0 saturated carbocycles. The van der Waals surface area contributed by atoms with Crippen LogP contribution in [0, 0.1) is 5.92 Å². The molecule has 14 heteroatoms. The van der Waals surface area contributed by atoms with Gasteiger partial charge in [-0.05, 0) is 38.0 Å². The van der Waals surface area contributed by atoms with Crippen LogP contribution in [0.5, 0.6) is 5.75 Å². The quantitative estimate of drug-likeness (QED) is 0.161. The van der Waals surface area contributed by atoms with Crippen LogP contribution in [0.4, 0.5) is 10.5 Å². The lowest BCUT2D eigenvalue weighted by Gasteiger charge is -2.42. The van der Waals surface area contributed by atoms with E-state index in [1.54, 1.807) is 45.2 Å². The number of hydrazine groups is 1. The summed E-state index contributed by atoms with van der Waals surface area (Å²) in [6.07, 6.45) is 1.33. The van der Waals surface area contributed by atoms with Crippen molar-refractivity contribution in [3.63, 3.8) is 0 Å². The third kappa shape index (κ3) is 7.03. The van der Waals surface area contributed by atoms with Gasteiger partial charge in [0.05, 0.1) is 25.3 Å². The van der Waals surface area contributed by atoms with E-state index in [-0.39, 0.29) is 24.4 Å². The topological polar surface area (TPSA) is 174 Å². The number of allylic oxidation sites excluding steroid dienone is 3. The summed E-state index contributed by atoms with van der Waals surface area (Å²) in [5.41, 5.74) is 1.54. The summed E-state index contributed by atoms with van der Waals surface area (Å²) in [6, 6.07) is 3.59. The van der Waals surface area contributed by atoms with Gasteiger partial charge in [0.15, 0.2) is 5.72 Å². The first-order valence-corrected chi connectivity index (χ1v) is 14.7. The standard InChI is InChI=1S/C30H41ClN4O9/c1-16-8-7-9-22(41-6)30(39)14-21(42-28(38)34-30)17(2)27-29(3,44-27)23(43-25(37)15-33-32)13-24(36)35(4)19-11-18(10-16)12-20(40-5)26(19)31/h7-9,11-12,17,21-23,27,33,39H,10,13-15,32H2,1-6H3,(H,34,38)/b9-7+,16-8+. The average molecular weight is 637 g/mol. The number of amides is 2. The van der Waals surface area contributed by atoms with Crippen molar-refractivity contribution in [2.24, 2.45) is 11.8 Å². The molecule has 2 saturated heterocycles. The van der Waals surface area contributed by atoms with Crippen LogP contribution < -0.4 is 26.2 Å². The number of hydrogen-bond donors (Lipinski definition) is 4. The van der Waals surface area contributed by atoms with Crippen molar-refractivity contribution in [2.75, 3.05) is 32.7 Å². The molecular weight excluding hydrogens is 596 g/mol. The van der Waals surface area contributed by atoms with E-state index in [9.17, 15) is 19.5 Å². The number of nitrogens with two attached hydrogens (primary N) is 1. The summed E-state index contributed by atoms with van der Waals surface area (Å²) in [7, 11) is 4.51. The van der Waals surface area contributed by atoms with Crippen LogP contribution in [0.3, 0.4) is 0 Å². The highest BCUT2D eigenvalue weighted by Gasteiger charge is 2.64. The zero-order valence-electron chi connectivity index (χ0n) is 25.7. The molecule has 0 aromatic heterocycles. The van der Waals surface area contributed by atoms with Crippen LogP contribution >= 0.6 is 11.6 Å². The molecule has 0 spiro atoms. The molecule has 0 aliphatic carbocycles. The van der Waals surface area contributed by atoms with Gasteiger partial charge in [0, 0.05) is 26.5 Å². The summed E-state index contributed by atoms with van der Waals surface area (Å²) in [6.45, 7) is 5.16. The molecule has 4 bridgehead atoms. The minimum atomic E-state index is -1.79. The second kappa shape index (κ2) is 13.4. The highest BCUT2D eigenvalue weighted by molar-refractivity contribution is 6.35. The van der Waals surface area contributed by atoms with E-state index in [1.807, 2.05) is 13.0 Å². The molecule has 3 aliphatic heterocycles. The zero-order chi connectivity index (χ0) is 32.4. The van der Waals surface area contributed by atoms with E-state index in [4.69, 9.17) is 41.1 Å². The van der Waals surface area contributed by atoms with Crippen molar-refractivity contribution >= 4 is 35.3 Å². The number of methoxy groups -OCH3 is 2. The predicted molar refractivity (Wildman–Crippen MR) is 161 cm³/mol. The third-order valence-electron chi connectivity index (χ3n) is 8.47. The summed E-state index contributed by atoms with van der Waals surface area (Å²) >= 11 is 6.66. The minimum Gasteiger partial charge on any atom is -0.495 e. The van der Waals surface area contributed by atoms with E-state index in [2.05, 4.69) is 10.7 Å². The van der Waals surface area contributed by atoms with Crippen LogP contribution in [0.25, 0.3) is 0 Å². The number of benzene rings is 1. The van der Waals surface area contributed by atoms with Crippen molar-refractivity contribution in [1.29, 1.82) is 0 Å². The second-order valence-electron chi connectivity index (χ2n) is 11.7. The summed E-state index contributed by atoms with van der Waals surface area (Å²) in [5, 5.41) is 14.3. The van der Waals surface area contributed by atoms with Gasteiger partial charge in [-0.25, -0.2) is 10.2 Å². The molecule has 7 unspecified atom stereocenters. The van der Waals surface area contributed by atoms with E-state index in [0.29, 0.717) is 17.9 Å². The average Bonchev–Trinajstić information content (AvgIpc) is 3.66. The molecule has 2 amide bonds. The number of hydrogen-bond acceptors (Lipinski definition) is 11. The van der Waals surface area contributed by atoms with Gasteiger partial charge in [-0.1, -0.05) is 42.3 Å². The van der Waals surface area contributed by atoms with Crippen molar-refractivity contribution in [1.82, 2.24) is 10.7 Å². The maximum atomic E-state index is 13.7. The lowest BCUT2D eigenvalue weighted by atomic mass is 9.83. The van der Waals surface area contributed by atoms with Gasteiger partial charge in [-0.15, -0.1) is 0 Å². The van der Waals surface area contributed by atoms with Crippen LogP contribution in [-0.4, -0.2) is 86.6 Å². The lowest BCUT2D eigenvalue weighted by Crippen LogP contribution is -2.63. The number of nitrogens with one attached hydrogen (secondary N) is 2. The van der Waals surface area contributed by atoms with Gasteiger partial charge in [0.1, 0.15) is 41.2 Å². The number of ether oxygens (including phenoxy) is 5. The van der Waals surface area contributed by atoms with Crippen LogP contribution in [0.1, 0.15) is 39.2 Å². The molecule has 0 radical (unpaired) electrons. The first kappa shape index (κ1) is 33.7. The summed E-state index contributed by atoms with van der Waals surface area (Å²) < 4.78 is 28.5. The minimum absolute atomic E-state index is 0.0191. The number of epoxide rings is 1.